The second-order valence-corrected chi connectivity index (χ2v) is 5.50. The van der Waals surface area contributed by atoms with Gasteiger partial charge >= 0.3 is 0 Å². The van der Waals surface area contributed by atoms with Gasteiger partial charge in [0.25, 0.3) is 0 Å². The zero-order chi connectivity index (χ0) is 16.2. The number of benzene rings is 2. The van der Waals surface area contributed by atoms with E-state index >= 15 is 0 Å². The predicted molar refractivity (Wildman–Crippen MR) is 85.5 cm³/mol. The van der Waals surface area contributed by atoms with E-state index in [4.69, 9.17) is 0 Å². The molecule has 118 valence electrons. The Hall–Kier alpha value is -2.56. The average Bonchev–Trinajstić information content (AvgIpc) is 2.98. The second kappa shape index (κ2) is 6.69. The number of hydrogen-bond acceptors (Lipinski definition) is 3. The monoisotopic (exact) mass is 314 g/mol. The maximum absolute atomic E-state index is 13.9. The third-order valence-corrected chi connectivity index (χ3v) is 3.88. The maximum Gasteiger partial charge on any atom is 0.148 e. The van der Waals surface area contributed by atoms with Crippen molar-refractivity contribution in [2.24, 2.45) is 5.10 Å². The van der Waals surface area contributed by atoms with Crippen molar-refractivity contribution in [3.63, 3.8) is 0 Å². The van der Waals surface area contributed by atoms with Crippen molar-refractivity contribution in [1.82, 2.24) is 0 Å². The van der Waals surface area contributed by atoms with Crippen LogP contribution in [0.2, 0.25) is 0 Å². The highest BCUT2D eigenvalue weighted by Gasteiger charge is 2.28. The highest BCUT2D eigenvalue weighted by atomic mass is 19.1. The quantitative estimate of drug-likeness (QED) is 0.788. The van der Waals surface area contributed by atoms with E-state index < -0.39 is 11.9 Å². The molecule has 1 heterocycles. The number of hydrogen-bond donors (Lipinski definition) is 0. The summed E-state index contributed by atoms with van der Waals surface area (Å²) in [7, 11) is 0. The van der Waals surface area contributed by atoms with Crippen LogP contribution in [0.4, 0.5) is 14.5 Å². The highest BCUT2D eigenvalue weighted by molar-refractivity contribution is 5.92. The van der Waals surface area contributed by atoms with E-state index in [1.54, 1.807) is 30.3 Å². The van der Waals surface area contributed by atoms with E-state index in [-0.39, 0.29) is 5.82 Å². The third-order valence-electron chi connectivity index (χ3n) is 3.88. The van der Waals surface area contributed by atoms with Gasteiger partial charge in [0.15, 0.2) is 0 Å². The summed E-state index contributed by atoms with van der Waals surface area (Å²) in [5, 5.41) is 5.86. The minimum absolute atomic E-state index is 0.265. The first kappa shape index (κ1) is 15.3. The van der Waals surface area contributed by atoms with Crippen molar-refractivity contribution < 1.29 is 13.6 Å². The van der Waals surface area contributed by atoms with Gasteiger partial charge in [0.05, 0.1) is 5.69 Å². The van der Waals surface area contributed by atoms with Crippen LogP contribution >= 0.6 is 0 Å². The molecule has 3 rings (SSSR count). The van der Waals surface area contributed by atoms with Crippen LogP contribution < -0.4 is 5.01 Å². The summed E-state index contributed by atoms with van der Waals surface area (Å²) in [6, 6.07) is 12.1. The number of carbonyl (C=O) groups is 1. The Morgan fingerprint density at radius 3 is 2.52 bits per heavy atom. The molecule has 0 saturated carbocycles. The summed E-state index contributed by atoms with van der Waals surface area (Å²) < 4.78 is 26.8. The minimum atomic E-state index is -0.477. The molecule has 0 fully saturated rings. The molecule has 0 amide bonds. The molecule has 1 unspecified atom stereocenters. The summed E-state index contributed by atoms with van der Waals surface area (Å²) in [5.74, 6) is -0.665. The van der Waals surface area contributed by atoms with Crippen molar-refractivity contribution in [2.45, 2.75) is 25.3 Å². The molecule has 0 aromatic heterocycles. The van der Waals surface area contributed by atoms with Crippen LogP contribution in [-0.4, -0.2) is 18.0 Å². The first-order chi connectivity index (χ1) is 11.2. The zero-order valence-electron chi connectivity index (χ0n) is 12.5. The van der Waals surface area contributed by atoms with Crippen LogP contribution in [0.5, 0.6) is 0 Å². The Bertz CT molecular complexity index is 728. The van der Waals surface area contributed by atoms with Crippen molar-refractivity contribution in [1.29, 1.82) is 0 Å². The van der Waals surface area contributed by atoms with Gasteiger partial charge in [0.1, 0.15) is 24.0 Å². The van der Waals surface area contributed by atoms with Crippen LogP contribution in [0, 0.1) is 11.6 Å². The molecule has 0 N–H and O–H groups in total. The molecule has 0 bridgehead atoms. The number of para-hydroxylation sites is 1. The van der Waals surface area contributed by atoms with Crippen molar-refractivity contribution >= 4 is 17.7 Å². The second-order valence-electron chi connectivity index (χ2n) is 5.50. The van der Waals surface area contributed by atoms with Gasteiger partial charge in [-0.2, -0.15) is 5.10 Å². The summed E-state index contributed by atoms with van der Waals surface area (Å²) in [6.07, 6.45) is 2.64. The van der Waals surface area contributed by atoms with Gasteiger partial charge in [-0.3, -0.25) is 5.01 Å². The van der Waals surface area contributed by atoms with Crippen molar-refractivity contribution in [3.05, 3.63) is 65.7 Å². The van der Waals surface area contributed by atoms with E-state index in [1.165, 1.54) is 23.2 Å². The maximum atomic E-state index is 13.9. The molecule has 1 aliphatic heterocycles. The number of aryl methyl sites for hydroxylation is 1. The SMILES string of the molecule is O=CC1CC(CCc2ccc(F)cc2)=NN1c1ccccc1F. The number of hydrazone groups is 1. The lowest BCUT2D eigenvalue weighted by Gasteiger charge is -2.19. The normalized spacial score (nSPS) is 17.2. The molecule has 2 aromatic rings. The molecular formula is C18H16F2N2O. The van der Waals surface area contributed by atoms with E-state index in [1.807, 2.05) is 0 Å². The van der Waals surface area contributed by atoms with Crippen LogP contribution in [0.1, 0.15) is 18.4 Å². The Labute approximate surface area is 133 Å². The van der Waals surface area contributed by atoms with Gasteiger partial charge in [0, 0.05) is 12.1 Å². The highest BCUT2D eigenvalue weighted by Crippen LogP contribution is 2.27. The number of carbonyl (C=O) groups excluding carboxylic acids is 1. The molecule has 2 aromatic carbocycles. The van der Waals surface area contributed by atoms with E-state index in [9.17, 15) is 13.6 Å². The van der Waals surface area contributed by atoms with Crippen LogP contribution in [0.3, 0.4) is 0 Å². The lowest BCUT2D eigenvalue weighted by Crippen LogP contribution is -2.28. The first-order valence-corrected chi connectivity index (χ1v) is 7.47. The summed E-state index contributed by atoms with van der Waals surface area (Å²) in [4.78, 5) is 11.3. The molecule has 3 nitrogen and oxygen atoms in total. The standard InChI is InChI=1S/C18H16F2N2O/c19-14-8-5-13(6-9-14)7-10-15-11-16(12-23)22(21-15)18-4-2-1-3-17(18)20/h1-6,8-9,12,16H,7,10-11H2. The molecule has 0 radical (unpaired) electrons. The van der Waals surface area contributed by atoms with Crippen LogP contribution in [0.15, 0.2) is 53.6 Å². The van der Waals surface area contributed by atoms with Gasteiger partial charge in [-0.05, 0) is 42.7 Å². The van der Waals surface area contributed by atoms with Gasteiger partial charge in [-0.15, -0.1) is 0 Å². The van der Waals surface area contributed by atoms with Gasteiger partial charge in [0.2, 0.25) is 0 Å². The van der Waals surface area contributed by atoms with Gasteiger partial charge in [-0.25, -0.2) is 8.78 Å². The summed E-state index contributed by atoms with van der Waals surface area (Å²) in [5.41, 5.74) is 2.15. The zero-order valence-corrected chi connectivity index (χ0v) is 12.5. The Morgan fingerprint density at radius 2 is 1.83 bits per heavy atom. The fourth-order valence-electron chi connectivity index (χ4n) is 2.66. The van der Waals surface area contributed by atoms with Gasteiger partial charge in [-0.1, -0.05) is 24.3 Å². The molecule has 1 atom stereocenters. The van der Waals surface area contributed by atoms with E-state index in [2.05, 4.69) is 5.10 Å². The van der Waals surface area contributed by atoms with Crippen molar-refractivity contribution in [2.75, 3.05) is 5.01 Å². The van der Waals surface area contributed by atoms with Gasteiger partial charge < -0.3 is 4.79 Å². The topological polar surface area (TPSA) is 32.7 Å². The first-order valence-electron chi connectivity index (χ1n) is 7.47. The molecule has 0 spiro atoms. The number of halogens is 2. The Kier molecular flexibility index (Phi) is 4.46. The van der Waals surface area contributed by atoms with Crippen molar-refractivity contribution in [3.8, 4) is 0 Å². The summed E-state index contributed by atoms with van der Waals surface area (Å²) >= 11 is 0. The van der Waals surface area contributed by atoms with Crippen LogP contribution in [0.25, 0.3) is 0 Å². The largest absolute Gasteiger partial charge is 0.301 e. The molecule has 23 heavy (non-hydrogen) atoms. The number of anilines is 1. The summed E-state index contributed by atoms with van der Waals surface area (Å²) in [6.45, 7) is 0. The number of nitrogens with zero attached hydrogens (tertiary/aromatic N) is 2. The molecule has 0 aliphatic carbocycles. The Morgan fingerprint density at radius 1 is 1.09 bits per heavy atom. The van der Waals surface area contributed by atoms with E-state index in [0.29, 0.717) is 24.9 Å². The average molecular weight is 314 g/mol. The lowest BCUT2D eigenvalue weighted by molar-refractivity contribution is -0.108. The number of rotatable bonds is 5. The molecular weight excluding hydrogens is 298 g/mol. The minimum Gasteiger partial charge on any atom is -0.301 e. The van der Waals surface area contributed by atoms with E-state index in [0.717, 1.165) is 17.6 Å². The fraction of sp³-hybridized carbons (Fsp3) is 0.222. The fourth-order valence-corrected chi connectivity index (χ4v) is 2.66. The number of aldehydes is 1. The molecule has 1 aliphatic rings. The predicted octanol–water partition coefficient (Wildman–Crippen LogP) is 3.73. The third kappa shape index (κ3) is 3.44. The Balaban J connectivity index is 1.73. The lowest BCUT2D eigenvalue weighted by atomic mass is 10.0. The smallest absolute Gasteiger partial charge is 0.148 e. The molecule has 5 heteroatoms. The van der Waals surface area contributed by atoms with Crippen LogP contribution in [-0.2, 0) is 11.2 Å². The molecule has 0 saturated heterocycles.